The molecule has 9 nitrogen and oxygen atoms in total. The molecule has 0 bridgehead atoms. The van der Waals surface area contributed by atoms with Gasteiger partial charge < -0.3 is 39.4 Å². The van der Waals surface area contributed by atoms with E-state index < -0.39 is 43.4 Å². The van der Waals surface area contributed by atoms with Gasteiger partial charge in [-0.25, -0.2) is 0 Å². The molecular formula is C40H68O9. The minimum Gasteiger partial charge on any atom is -0.457 e. The maximum absolute atomic E-state index is 12.7. The Balaban J connectivity index is 2.40. The molecule has 1 aliphatic rings. The SMILES string of the molecule is CC/C=C\C/C=C\C/C=C\C/C=C\CCCOCC(COC1OC(CO)C(O)C(O)C1O)OC(=O)CCCCCCC/C=C\CCCCC. The van der Waals surface area contributed by atoms with Crippen LogP contribution in [-0.2, 0) is 23.7 Å². The standard InChI is InChI=1S/C40H68O9/c1-3-5-7-9-11-13-15-17-18-20-22-24-26-28-30-46-32-34(33-47-40-39(45)38(44)37(43)35(31-41)49-40)48-36(42)29-27-25-23-21-19-16-14-12-10-8-6-4-2/h5,7,11-14,17-18,22,24,34-35,37-41,43-45H,3-4,6,8-10,15-16,19-21,23,25-33H2,1-2H3/b7-5-,13-11-,14-12-,18-17-,24-22-. The quantitative estimate of drug-likeness (QED) is 0.0351. The van der Waals surface area contributed by atoms with Crippen molar-refractivity contribution in [2.45, 2.75) is 160 Å². The van der Waals surface area contributed by atoms with Crippen LogP contribution in [-0.4, -0.2) is 89.6 Å². The van der Waals surface area contributed by atoms with Gasteiger partial charge in [-0.15, -0.1) is 0 Å². The van der Waals surface area contributed by atoms with E-state index in [0.717, 1.165) is 77.0 Å². The van der Waals surface area contributed by atoms with Gasteiger partial charge in [-0.3, -0.25) is 4.79 Å². The van der Waals surface area contributed by atoms with Crippen molar-refractivity contribution in [1.29, 1.82) is 0 Å². The van der Waals surface area contributed by atoms with Crippen LogP contribution in [0.1, 0.15) is 123 Å². The molecule has 9 heteroatoms. The number of carbonyl (C=O) groups excluding carboxylic acids is 1. The number of ether oxygens (including phenoxy) is 4. The van der Waals surface area contributed by atoms with Gasteiger partial charge in [0.15, 0.2) is 6.29 Å². The van der Waals surface area contributed by atoms with E-state index in [4.69, 9.17) is 18.9 Å². The Bertz CT molecular complexity index is 927. The summed E-state index contributed by atoms with van der Waals surface area (Å²) < 4.78 is 22.6. The summed E-state index contributed by atoms with van der Waals surface area (Å²) in [5.41, 5.74) is 0. The Morgan fingerprint density at radius 3 is 1.90 bits per heavy atom. The lowest BCUT2D eigenvalue weighted by Gasteiger charge is -2.39. The first-order chi connectivity index (χ1) is 23.9. The highest BCUT2D eigenvalue weighted by atomic mass is 16.7. The molecule has 0 spiro atoms. The van der Waals surface area contributed by atoms with Gasteiger partial charge in [-0.05, 0) is 70.6 Å². The molecule has 0 aromatic heterocycles. The van der Waals surface area contributed by atoms with Crippen molar-refractivity contribution in [1.82, 2.24) is 0 Å². The van der Waals surface area contributed by atoms with Crippen molar-refractivity contribution in [3.05, 3.63) is 60.8 Å². The molecule has 49 heavy (non-hydrogen) atoms. The molecule has 0 aromatic rings. The van der Waals surface area contributed by atoms with Gasteiger partial charge in [-0.2, -0.15) is 0 Å². The fraction of sp³-hybridized carbons (Fsp3) is 0.725. The Hall–Kier alpha value is -2.11. The van der Waals surface area contributed by atoms with E-state index in [0.29, 0.717) is 13.0 Å². The third-order valence-corrected chi connectivity index (χ3v) is 8.17. The fourth-order valence-corrected chi connectivity index (χ4v) is 5.19. The van der Waals surface area contributed by atoms with E-state index in [1.807, 2.05) is 0 Å². The number of hydrogen-bond acceptors (Lipinski definition) is 9. The molecule has 0 aliphatic carbocycles. The lowest BCUT2D eigenvalue weighted by Crippen LogP contribution is -2.59. The smallest absolute Gasteiger partial charge is 0.306 e. The van der Waals surface area contributed by atoms with Crippen molar-refractivity contribution in [2.75, 3.05) is 26.4 Å². The zero-order valence-corrected chi connectivity index (χ0v) is 30.4. The van der Waals surface area contributed by atoms with Crippen LogP contribution in [0.4, 0.5) is 0 Å². The summed E-state index contributed by atoms with van der Waals surface area (Å²) in [5.74, 6) is -0.346. The molecule has 0 amide bonds. The van der Waals surface area contributed by atoms with Crippen molar-refractivity contribution in [2.24, 2.45) is 0 Å². The van der Waals surface area contributed by atoms with E-state index in [-0.39, 0.29) is 19.2 Å². The van der Waals surface area contributed by atoms with E-state index in [1.165, 1.54) is 25.7 Å². The lowest BCUT2D eigenvalue weighted by atomic mass is 9.99. The Morgan fingerprint density at radius 1 is 0.673 bits per heavy atom. The number of esters is 1. The third-order valence-electron chi connectivity index (χ3n) is 8.17. The zero-order chi connectivity index (χ0) is 35.8. The molecular weight excluding hydrogens is 624 g/mol. The van der Waals surface area contributed by atoms with Crippen LogP contribution in [0.5, 0.6) is 0 Å². The van der Waals surface area contributed by atoms with E-state index in [1.54, 1.807) is 0 Å². The first kappa shape index (κ1) is 44.9. The van der Waals surface area contributed by atoms with Crippen LogP contribution in [0.15, 0.2) is 60.8 Å². The molecule has 1 heterocycles. The topological polar surface area (TPSA) is 135 Å². The summed E-state index contributed by atoms with van der Waals surface area (Å²) in [7, 11) is 0. The fourth-order valence-electron chi connectivity index (χ4n) is 5.19. The number of hydrogen-bond donors (Lipinski definition) is 4. The maximum Gasteiger partial charge on any atom is 0.306 e. The molecule has 1 fully saturated rings. The first-order valence-electron chi connectivity index (χ1n) is 18.9. The molecule has 0 saturated carbocycles. The molecule has 1 saturated heterocycles. The maximum atomic E-state index is 12.7. The van der Waals surface area contributed by atoms with Gasteiger partial charge >= 0.3 is 5.97 Å². The van der Waals surface area contributed by atoms with Crippen LogP contribution >= 0.6 is 0 Å². The predicted octanol–water partition coefficient (Wildman–Crippen LogP) is 7.18. The molecule has 0 aromatic carbocycles. The molecule has 1 rings (SSSR count). The van der Waals surface area contributed by atoms with Crippen LogP contribution in [0.2, 0.25) is 0 Å². The van der Waals surface area contributed by atoms with E-state index >= 15 is 0 Å². The number of allylic oxidation sites excluding steroid dienone is 10. The molecule has 6 unspecified atom stereocenters. The normalized spacial score (nSPS) is 22.4. The minimum absolute atomic E-state index is 0.101. The summed E-state index contributed by atoms with van der Waals surface area (Å²) in [5, 5.41) is 39.9. The predicted molar refractivity (Wildman–Crippen MR) is 196 cm³/mol. The summed E-state index contributed by atoms with van der Waals surface area (Å²) in [4.78, 5) is 12.7. The summed E-state index contributed by atoms with van der Waals surface area (Å²) >= 11 is 0. The van der Waals surface area contributed by atoms with E-state index in [9.17, 15) is 25.2 Å². The summed E-state index contributed by atoms with van der Waals surface area (Å²) in [6.45, 7) is 4.23. The lowest BCUT2D eigenvalue weighted by molar-refractivity contribution is -0.305. The minimum atomic E-state index is -1.55. The number of rotatable bonds is 30. The van der Waals surface area contributed by atoms with Crippen molar-refractivity contribution in [3.8, 4) is 0 Å². The average molecular weight is 693 g/mol. The van der Waals surface area contributed by atoms with Gasteiger partial charge in [0.25, 0.3) is 0 Å². The number of unbranched alkanes of at least 4 members (excludes halogenated alkanes) is 9. The van der Waals surface area contributed by atoms with Gasteiger partial charge in [0, 0.05) is 13.0 Å². The zero-order valence-electron chi connectivity index (χ0n) is 30.4. The molecule has 6 atom stereocenters. The first-order valence-corrected chi connectivity index (χ1v) is 18.9. The van der Waals surface area contributed by atoms with E-state index in [2.05, 4.69) is 74.6 Å². The van der Waals surface area contributed by atoms with Crippen molar-refractivity contribution in [3.63, 3.8) is 0 Å². The van der Waals surface area contributed by atoms with Gasteiger partial charge in [-0.1, -0.05) is 107 Å². The van der Waals surface area contributed by atoms with Crippen LogP contribution in [0.3, 0.4) is 0 Å². The van der Waals surface area contributed by atoms with Crippen molar-refractivity contribution < 1.29 is 44.2 Å². The van der Waals surface area contributed by atoms with Crippen molar-refractivity contribution >= 4 is 5.97 Å². The summed E-state index contributed by atoms with van der Waals surface area (Å²) in [6, 6.07) is 0. The Labute approximate surface area is 296 Å². The molecule has 282 valence electrons. The highest BCUT2D eigenvalue weighted by Crippen LogP contribution is 2.22. The molecule has 4 N–H and O–H groups in total. The largest absolute Gasteiger partial charge is 0.457 e. The van der Waals surface area contributed by atoms with Gasteiger partial charge in [0.05, 0.1) is 19.8 Å². The van der Waals surface area contributed by atoms with Gasteiger partial charge in [0.1, 0.15) is 30.5 Å². The van der Waals surface area contributed by atoms with Crippen LogP contribution < -0.4 is 0 Å². The molecule has 0 radical (unpaired) electrons. The Kier molecular flexibility index (Phi) is 29.2. The highest BCUT2D eigenvalue weighted by Gasteiger charge is 2.44. The van der Waals surface area contributed by atoms with Crippen LogP contribution in [0.25, 0.3) is 0 Å². The Morgan fingerprint density at radius 2 is 1.24 bits per heavy atom. The number of aliphatic hydroxyl groups is 4. The second-order valence-corrected chi connectivity index (χ2v) is 12.6. The highest BCUT2D eigenvalue weighted by molar-refractivity contribution is 5.69. The third kappa shape index (κ3) is 23.8. The number of aliphatic hydroxyl groups excluding tert-OH is 4. The van der Waals surface area contributed by atoms with Gasteiger partial charge in [0.2, 0.25) is 0 Å². The monoisotopic (exact) mass is 692 g/mol. The second kappa shape index (κ2) is 31.8. The number of carbonyl (C=O) groups is 1. The summed E-state index contributed by atoms with van der Waals surface area (Å²) in [6.07, 6.45) is 31.1. The second-order valence-electron chi connectivity index (χ2n) is 12.6. The average Bonchev–Trinajstić information content (AvgIpc) is 3.10. The van der Waals surface area contributed by atoms with Crippen LogP contribution in [0, 0.1) is 0 Å². The molecule has 1 aliphatic heterocycles.